The van der Waals surface area contributed by atoms with Gasteiger partial charge in [0.1, 0.15) is 0 Å². The standard InChI is InChI=1S/C49H35N3/c1-49(2)44-29-36(32-12-14-33(15-13-32)38-18-22-46(51-31-38)34-24-26-50-27-25-34)16-20-40(44)41-21-17-37(30-45(41)49)35-19-23-48-43(28-35)42-10-6-7-11-47(42)52(48)39-8-4-3-5-9-39/h3-31H,1-2H3. The van der Waals surface area contributed by atoms with Crippen molar-refractivity contribution in [3.05, 3.63) is 187 Å². The molecule has 0 amide bonds. The molecule has 0 saturated heterocycles. The van der Waals surface area contributed by atoms with E-state index in [0.29, 0.717) is 0 Å². The molecule has 246 valence electrons. The number of nitrogens with zero attached hydrogens (tertiary/aromatic N) is 3. The lowest BCUT2D eigenvalue weighted by atomic mass is 9.80. The summed E-state index contributed by atoms with van der Waals surface area (Å²) < 4.78 is 2.38. The quantitative estimate of drug-likeness (QED) is 0.183. The molecule has 0 spiro atoms. The zero-order chi connectivity index (χ0) is 34.8. The predicted molar refractivity (Wildman–Crippen MR) is 216 cm³/mol. The van der Waals surface area contributed by atoms with Gasteiger partial charge < -0.3 is 4.57 Å². The molecule has 0 fully saturated rings. The van der Waals surface area contributed by atoms with Gasteiger partial charge in [-0.1, -0.05) is 111 Å². The van der Waals surface area contributed by atoms with Crippen LogP contribution in [0.1, 0.15) is 25.0 Å². The first kappa shape index (κ1) is 30.3. The predicted octanol–water partition coefficient (Wildman–Crippen LogP) is 12.5. The third-order valence-electron chi connectivity index (χ3n) is 11.0. The minimum Gasteiger partial charge on any atom is -0.309 e. The summed E-state index contributed by atoms with van der Waals surface area (Å²) in [6, 6.07) is 57.4. The number of hydrogen-bond acceptors (Lipinski definition) is 2. The van der Waals surface area contributed by atoms with Crippen molar-refractivity contribution < 1.29 is 0 Å². The summed E-state index contributed by atoms with van der Waals surface area (Å²) in [7, 11) is 0. The van der Waals surface area contributed by atoms with Crippen LogP contribution in [0.25, 0.3) is 83.3 Å². The summed E-state index contributed by atoms with van der Waals surface area (Å²) in [5.41, 5.74) is 18.1. The Kier molecular flexibility index (Phi) is 6.84. The molecule has 0 unspecified atom stereocenters. The first-order valence-corrected chi connectivity index (χ1v) is 17.9. The summed E-state index contributed by atoms with van der Waals surface area (Å²) in [6.45, 7) is 4.74. The summed E-state index contributed by atoms with van der Waals surface area (Å²) in [5, 5.41) is 2.54. The minimum atomic E-state index is -0.133. The second-order valence-electron chi connectivity index (χ2n) is 14.3. The lowest BCUT2D eigenvalue weighted by molar-refractivity contribution is 0.661. The minimum absolute atomic E-state index is 0.133. The van der Waals surface area contributed by atoms with E-state index in [2.05, 4.69) is 169 Å². The van der Waals surface area contributed by atoms with Crippen molar-refractivity contribution >= 4 is 21.8 Å². The van der Waals surface area contributed by atoms with Gasteiger partial charge in [0.15, 0.2) is 0 Å². The van der Waals surface area contributed by atoms with Crippen LogP contribution < -0.4 is 0 Å². The smallest absolute Gasteiger partial charge is 0.0703 e. The molecule has 0 atom stereocenters. The highest BCUT2D eigenvalue weighted by Gasteiger charge is 2.36. The number of aromatic nitrogens is 3. The molecule has 1 aliphatic rings. The fourth-order valence-corrected chi connectivity index (χ4v) is 8.22. The van der Waals surface area contributed by atoms with Crippen LogP contribution in [0.4, 0.5) is 0 Å². The molecule has 9 aromatic rings. The molecule has 0 N–H and O–H groups in total. The van der Waals surface area contributed by atoms with Crippen LogP contribution in [0.5, 0.6) is 0 Å². The number of para-hydroxylation sites is 2. The average Bonchev–Trinajstić information content (AvgIpc) is 3.66. The second-order valence-corrected chi connectivity index (χ2v) is 14.3. The summed E-state index contributed by atoms with van der Waals surface area (Å²) in [5.74, 6) is 0. The van der Waals surface area contributed by atoms with Crippen molar-refractivity contribution in [1.82, 2.24) is 14.5 Å². The number of hydrogen-bond donors (Lipinski definition) is 0. The Labute approximate surface area is 303 Å². The van der Waals surface area contributed by atoms with Crippen LogP contribution in [0.2, 0.25) is 0 Å². The van der Waals surface area contributed by atoms with Gasteiger partial charge in [0.2, 0.25) is 0 Å². The van der Waals surface area contributed by atoms with Gasteiger partial charge >= 0.3 is 0 Å². The van der Waals surface area contributed by atoms with Gasteiger partial charge in [-0.3, -0.25) is 9.97 Å². The topological polar surface area (TPSA) is 30.7 Å². The third kappa shape index (κ3) is 4.81. The van der Waals surface area contributed by atoms with Crippen molar-refractivity contribution in [3.63, 3.8) is 0 Å². The van der Waals surface area contributed by atoms with Crippen LogP contribution in [-0.4, -0.2) is 14.5 Å². The molecule has 0 bridgehead atoms. The van der Waals surface area contributed by atoms with Crippen LogP contribution in [0.3, 0.4) is 0 Å². The Balaban J connectivity index is 0.965. The van der Waals surface area contributed by atoms with Crippen LogP contribution >= 0.6 is 0 Å². The van der Waals surface area contributed by atoms with Gasteiger partial charge in [-0.2, -0.15) is 0 Å². The van der Waals surface area contributed by atoms with Crippen LogP contribution in [0.15, 0.2) is 176 Å². The largest absolute Gasteiger partial charge is 0.309 e. The van der Waals surface area contributed by atoms with E-state index in [4.69, 9.17) is 4.98 Å². The van der Waals surface area contributed by atoms with Crippen LogP contribution in [-0.2, 0) is 5.41 Å². The Morgan fingerprint density at radius 3 is 1.69 bits per heavy atom. The Bertz CT molecular complexity index is 2780. The molecule has 3 heterocycles. The molecule has 6 aromatic carbocycles. The first-order chi connectivity index (χ1) is 25.5. The number of rotatable bonds is 5. The molecular weight excluding hydrogens is 631 g/mol. The highest BCUT2D eigenvalue weighted by molar-refractivity contribution is 6.10. The van der Waals surface area contributed by atoms with E-state index in [1.54, 1.807) is 12.4 Å². The first-order valence-electron chi connectivity index (χ1n) is 17.9. The monoisotopic (exact) mass is 665 g/mol. The Morgan fingerprint density at radius 1 is 0.442 bits per heavy atom. The van der Waals surface area contributed by atoms with E-state index in [1.165, 1.54) is 72.0 Å². The highest BCUT2D eigenvalue weighted by atomic mass is 15.0. The maximum atomic E-state index is 4.72. The van der Waals surface area contributed by atoms with E-state index in [9.17, 15) is 0 Å². The molecule has 10 rings (SSSR count). The van der Waals surface area contributed by atoms with E-state index in [1.807, 2.05) is 18.3 Å². The molecule has 1 aliphatic carbocycles. The van der Waals surface area contributed by atoms with Gasteiger partial charge in [-0.15, -0.1) is 0 Å². The van der Waals surface area contributed by atoms with Crippen molar-refractivity contribution in [1.29, 1.82) is 0 Å². The molecule has 0 saturated carbocycles. The van der Waals surface area contributed by atoms with Gasteiger partial charge in [-0.05, 0) is 111 Å². The van der Waals surface area contributed by atoms with E-state index < -0.39 is 0 Å². The molecule has 3 heteroatoms. The van der Waals surface area contributed by atoms with E-state index >= 15 is 0 Å². The van der Waals surface area contributed by atoms with Gasteiger partial charge in [-0.25, -0.2) is 0 Å². The summed E-state index contributed by atoms with van der Waals surface area (Å²) in [6.07, 6.45) is 5.55. The molecule has 0 radical (unpaired) electrons. The maximum absolute atomic E-state index is 4.72. The second kappa shape index (κ2) is 11.8. The fourth-order valence-electron chi connectivity index (χ4n) is 8.22. The summed E-state index contributed by atoms with van der Waals surface area (Å²) >= 11 is 0. The third-order valence-corrected chi connectivity index (χ3v) is 11.0. The lowest BCUT2D eigenvalue weighted by Crippen LogP contribution is -2.15. The SMILES string of the molecule is CC1(C)c2cc(-c3ccc(-c4ccc(-c5ccncc5)nc4)cc3)ccc2-c2ccc(-c3ccc4c(c3)c3ccccc3n4-c3ccccc3)cc21. The average molecular weight is 666 g/mol. The number of benzene rings is 6. The molecule has 3 nitrogen and oxygen atoms in total. The highest BCUT2D eigenvalue weighted by Crippen LogP contribution is 2.51. The maximum Gasteiger partial charge on any atom is 0.0703 e. The molecule has 52 heavy (non-hydrogen) atoms. The van der Waals surface area contributed by atoms with Crippen molar-refractivity contribution in [2.75, 3.05) is 0 Å². The van der Waals surface area contributed by atoms with Gasteiger partial charge in [0, 0.05) is 51.6 Å². The van der Waals surface area contributed by atoms with Crippen molar-refractivity contribution in [2.24, 2.45) is 0 Å². The van der Waals surface area contributed by atoms with E-state index in [-0.39, 0.29) is 5.41 Å². The zero-order valence-electron chi connectivity index (χ0n) is 29.1. The van der Waals surface area contributed by atoms with Gasteiger partial charge in [0.05, 0.1) is 16.7 Å². The van der Waals surface area contributed by atoms with Crippen molar-refractivity contribution in [2.45, 2.75) is 19.3 Å². The van der Waals surface area contributed by atoms with Crippen LogP contribution in [0, 0.1) is 0 Å². The zero-order valence-corrected chi connectivity index (χ0v) is 29.1. The van der Waals surface area contributed by atoms with E-state index in [0.717, 1.165) is 22.4 Å². The number of pyridine rings is 2. The lowest BCUT2D eigenvalue weighted by Gasteiger charge is -2.22. The van der Waals surface area contributed by atoms with Crippen molar-refractivity contribution in [3.8, 4) is 61.5 Å². The number of fused-ring (bicyclic) bond motifs is 6. The Morgan fingerprint density at radius 2 is 1.00 bits per heavy atom. The molecule has 3 aromatic heterocycles. The molecular formula is C49H35N3. The summed E-state index contributed by atoms with van der Waals surface area (Å²) in [4.78, 5) is 8.83. The van der Waals surface area contributed by atoms with Gasteiger partial charge in [0.25, 0.3) is 0 Å². The fraction of sp³-hybridized carbons (Fsp3) is 0.0612. The normalized spacial score (nSPS) is 13.0. The molecule has 0 aliphatic heterocycles. The Hall–Kier alpha value is -6.58.